The Morgan fingerprint density at radius 3 is 2.39 bits per heavy atom. The van der Waals surface area contributed by atoms with Crippen LogP contribution in [0.2, 0.25) is 0 Å². The van der Waals surface area contributed by atoms with Gasteiger partial charge in [-0.3, -0.25) is 0 Å². The smallest absolute Gasteiger partial charge is 0.120 e. The first-order valence-corrected chi connectivity index (χ1v) is 11.3. The van der Waals surface area contributed by atoms with Crippen LogP contribution in [0.5, 0.6) is 5.75 Å². The minimum Gasteiger partial charge on any atom is -0.489 e. The summed E-state index contributed by atoms with van der Waals surface area (Å²) in [7, 11) is 0. The second-order valence-corrected chi connectivity index (χ2v) is 8.81. The summed E-state index contributed by atoms with van der Waals surface area (Å²) >= 11 is 0. The van der Waals surface area contributed by atoms with Crippen molar-refractivity contribution in [3.05, 3.63) is 101 Å². The molecule has 2 atom stereocenters. The molecule has 2 N–H and O–H groups in total. The fourth-order valence-corrected chi connectivity index (χ4v) is 5.07. The number of aromatic nitrogens is 1. The zero-order valence-corrected chi connectivity index (χ0v) is 18.1. The van der Waals surface area contributed by atoms with Crippen molar-refractivity contribution in [1.82, 2.24) is 4.57 Å². The molecule has 3 heteroatoms. The molecule has 1 aliphatic carbocycles. The molecule has 3 aromatic carbocycles. The highest BCUT2D eigenvalue weighted by atomic mass is 16.5. The van der Waals surface area contributed by atoms with Gasteiger partial charge in [0.25, 0.3) is 0 Å². The lowest BCUT2D eigenvalue weighted by atomic mass is 9.85. The van der Waals surface area contributed by atoms with Crippen molar-refractivity contribution in [2.75, 3.05) is 0 Å². The highest BCUT2D eigenvalue weighted by molar-refractivity contribution is 5.87. The van der Waals surface area contributed by atoms with E-state index in [1.807, 2.05) is 18.2 Å². The van der Waals surface area contributed by atoms with Crippen LogP contribution in [0.25, 0.3) is 10.9 Å². The van der Waals surface area contributed by atoms with Gasteiger partial charge in [-0.05, 0) is 60.1 Å². The first-order chi connectivity index (χ1) is 15.2. The van der Waals surface area contributed by atoms with Crippen molar-refractivity contribution in [2.24, 2.45) is 5.73 Å². The normalized spacial score (nSPS) is 18.1. The maximum Gasteiger partial charge on any atom is 0.120 e. The van der Waals surface area contributed by atoms with Crippen LogP contribution >= 0.6 is 0 Å². The first-order valence-electron chi connectivity index (χ1n) is 11.3. The Morgan fingerprint density at radius 1 is 0.935 bits per heavy atom. The number of nitrogens with zero attached hydrogens (tertiary/aromatic N) is 1. The molecule has 0 aliphatic heterocycles. The SMILES string of the molecule is CC1CC(N)Cc2c1n(CCc1ccccc1)c1ccc(OCc3ccccc3)cc21. The monoisotopic (exact) mass is 410 g/mol. The van der Waals surface area contributed by atoms with Gasteiger partial charge < -0.3 is 15.0 Å². The van der Waals surface area contributed by atoms with Crippen LogP contribution in [0.15, 0.2) is 78.9 Å². The fourth-order valence-electron chi connectivity index (χ4n) is 5.07. The van der Waals surface area contributed by atoms with E-state index in [9.17, 15) is 0 Å². The van der Waals surface area contributed by atoms with Gasteiger partial charge in [-0.1, -0.05) is 67.6 Å². The van der Waals surface area contributed by atoms with E-state index in [0.717, 1.165) is 31.6 Å². The van der Waals surface area contributed by atoms with Crippen LogP contribution in [0, 0.1) is 0 Å². The maximum absolute atomic E-state index is 6.44. The summed E-state index contributed by atoms with van der Waals surface area (Å²) in [6.07, 6.45) is 3.02. The number of hydrogen-bond acceptors (Lipinski definition) is 2. The molecule has 1 heterocycles. The number of aryl methyl sites for hydroxylation is 2. The Balaban J connectivity index is 1.49. The van der Waals surface area contributed by atoms with Crippen LogP contribution in [0.4, 0.5) is 0 Å². The zero-order chi connectivity index (χ0) is 21.2. The van der Waals surface area contributed by atoms with Gasteiger partial charge >= 0.3 is 0 Å². The van der Waals surface area contributed by atoms with Gasteiger partial charge in [0.1, 0.15) is 12.4 Å². The number of nitrogens with two attached hydrogens (primary N) is 1. The van der Waals surface area contributed by atoms with Crippen LogP contribution in [0.1, 0.15) is 41.6 Å². The van der Waals surface area contributed by atoms with E-state index in [0.29, 0.717) is 12.5 Å². The molecule has 0 saturated carbocycles. The van der Waals surface area contributed by atoms with Crippen LogP contribution in [0.3, 0.4) is 0 Å². The number of hydrogen-bond donors (Lipinski definition) is 1. The van der Waals surface area contributed by atoms with Gasteiger partial charge in [0.15, 0.2) is 0 Å². The minimum atomic E-state index is 0.226. The second-order valence-electron chi connectivity index (χ2n) is 8.81. The molecular weight excluding hydrogens is 380 g/mol. The summed E-state index contributed by atoms with van der Waals surface area (Å²) in [6, 6.07) is 27.9. The minimum absolute atomic E-state index is 0.226. The highest BCUT2D eigenvalue weighted by Gasteiger charge is 2.28. The molecule has 0 spiro atoms. The van der Waals surface area contributed by atoms with E-state index >= 15 is 0 Å². The third-order valence-electron chi connectivity index (χ3n) is 6.49. The van der Waals surface area contributed by atoms with Crippen molar-refractivity contribution in [3.8, 4) is 5.75 Å². The van der Waals surface area contributed by atoms with E-state index in [1.54, 1.807) is 0 Å². The van der Waals surface area contributed by atoms with Gasteiger partial charge in [-0.2, -0.15) is 0 Å². The highest BCUT2D eigenvalue weighted by Crippen LogP contribution is 2.39. The topological polar surface area (TPSA) is 40.2 Å². The van der Waals surface area contributed by atoms with E-state index in [1.165, 1.54) is 33.3 Å². The Bertz CT molecular complexity index is 1160. The van der Waals surface area contributed by atoms with Gasteiger partial charge in [0.05, 0.1) is 0 Å². The Kier molecular flexibility index (Phi) is 5.52. The molecule has 0 saturated heterocycles. The summed E-state index contributed by atoms with van der Waals surface area (Å²) in [5, 5.41) is 1.30. The average Bonchev–Trinajstić information content (AvgIpc) is 3.11. The Morgan fingerprint density at radius 2 is 1.65 bits per heavy atom. The molecule has 3 nitrogen and oxygen atoms in total. The Labute approximate surface area is 184 Å². The lowest BCUT2D eigenvalue weighted by Crippen LogP contribution is -2.30. The summed E-state index contributed by atoms with van der Waals surface area (Å²) in [5.74, 6) is 1.39. The van der Waals surface area contributed by atoms with Gasteiger partial charge in [-0.15, -0.1) is 0 Å². The van der Waals surface area contributed by atoms with E-state index in [4.69, 9.17) is 10.5 Å². The molecule has 5 rings (SSSR count). The van der Waals surface area contributed by atoms with E-state index in [2.05, 4.69) is 72.2 Å². The third kappa shape index (κ3) is 4.11. The van der Waals surface area contributed by atoms with Gasteiger partial charge in [-0.25, -0.2) is 0 Å². The summed E-state index contributed by atoms with van der Waals surface area (Å²) in [4.78, 5) is 0. The zero-order valence-electron chi connectivity index (χ0n) is 18.1. The lowest BCUT2D eigenvalue weighted by Gasteiger charge is -2.27. The first kappa shape index (κ1) is 19.9. The predicted molar refractivity (Wildman–Crippen MR) is 128 cm³/mol. The average molecular weight is 411 g/mol. The van der Waals surface area contributed by atoms with Crippen molar-refractivity contribution in [1.29, 1.82) is 0 Å². The summed E-state index contributed by atoms with van der Waals surface area (Å²) in [5.41, 5.74) is 13.2. The van der Waals surface area contributed by atoms with Crippen LogP contribution < -0.4 is 10.5 Å². The number of rotatable bonds is 6. The van der Waals surface area contributed by atoms with E-state index in [-0.39, 0.29) is 6.04 Å². The van der Waals surface area contributed by atoms with Crippen molar-refractivity contribution >= 4 is 10.9 Å². The standard InChI is InChI=1S/C28H30N2O/c1-20-16-23(29)17-26-25-18-24(31-19-22-10-6-3-7-11-22)12-13-27(25)30(28(20)26)15-14-21-8-4-2-5-9-21/h2-13,18,20,23H,14-17,19,29H2,1H3. The third-order valence-corrected chi connectivity index (χ3v) is 6.49. The molecular formula is C28H30N2O. The Hall–Kier alpha value is -3.04. The van der Waals surface area contributed by atoms with Crippen LogP contribution in [-0.4, -0.2) is 10.6 Å². The molecule has 2 unspecified atom stereocenters. The molecule has 0 bridgehead atoms. The summed E-state index contributed by atoms with van der Waals surface area (Å²) < 4.78 is 8.68. The molecule has 4 aromatic rings. The lowest BCUT2D eigenvalue weighted by molar-refractivity contribution is 0.306. The molecule has 1 aromatic heterocycles. The molecule has 1 aliphatic rings. The molecule has 0 fully saturated rings. The number of benzene rings is 3. The quantitative estimate of drug-likeness (QED) is 0.434. The summed E-state index contributed by atoms with van der Waals surface area (Å²) in [6.45, 7) is 3.89. The molecule has 158 valence electrons. The van der Waals surface area contributed by atoms with E-state index < -0.39 is 0 Å². The molecule has 31 heavy (non-hydrogen) atoms. The van der Waals surface area contributed by atoms with Crippen molar-refractivity contribution in [2.45, 2.75) is 51.3 Å². The number of fused-ring (bicyclic) bond motifs is 3. The predicted octanol–water partition coefficient (Wildman–Crippen LogP) is 5.84. The van der Waals surface area contributed by atoms with Crippen molar-refractivity contribution < 1.29 is 4.74 Å². The van der Waals surface area contributed by atoms with Gasteiger partial charge in [0, 0.05) is 29.2 Å². The van der Waals surface area contributed by atoms with Gasteiger partial charge in [0.2, 0.25) is 0 Å². The van der Waals surface area contributed by atoms with Crippen molar-refractivity contribution in [3.63, 3.8) is 0 Å². The fraction of sp³-hybridized carbons (Fsp3) is 0.286. The molecule has 0 amide bonds. The maximum atomic E-state index is 6.44. The molecule has 0 radical (unpaired) electrons. The number of ether oxygens (including phenoxy) is 1. The van der Waals surface area contributed by atoms with Crippen LogP contribution in [-0.2, 0) is 26.0 Å². The second kappa shape index (κ2) is 8.60. The largest absolute Gasteiger partial charge is 0.489 e.